The van der Waals surface area contributed by atoms with Crippen LogP contribution >= 0.6 is 42.3 Å². The average Bonchev–Trinajstić information content (AvgIpc) is 2.63. The zero-order valence-corrected chi connectivity index (χ0v) is 24.7. The lowest BCUT2D eigenvalue weighted by Gasteiger charge is -2.48. The van der Waals surface area contributed by atoms with Gasteiger partial charge >= 0.3 is 0 Å². The summed E-state index contributed by atoms with van der Waals surface area (Å²) < 4.78 is 7.94. The SMILES string of the molecule is CCCCN(SC(C)C)P(=S)(N(CCCC)SC(C)C)N(CCCC)SC(C)C. The Balaban J connectivity index is 6.28. The molecule has 0 aliphatic rings. The zero-order chi connectivity index (χ0) is 22.4. The number of hydrogen-bond donors (Lipinski definition) is 0. The lowest BCUT2D eigenvalue weighted by atomic mass is 10.3. The highest BCUT2D eigenvalue weighted by Gasteiger charge is 2.40. The summed E-state index contributed by atoms with van der Waals surface area (Å²) in [6.07, 6.45) is 7.26. The predicted octanol–water partition coefficient (Wildman–Crippen LogP) is 8.69. The van der Waals surface area contributed by atoms with Gasteiger partial charge in [0.1, 0.15) is 0 Å². The van der Waals surface area contributed by atoms with E-state index in [1.54, 1.807) is 0 Å². The third-order valence-electron chi connectivity index (χ3n) is 3.98. The fourth-order valence-corrected chi connectivity index (χ4v) is 13.7. The van der Waals surface area contributed by atoms with Gasteiger partial charge in [0.15, 0.2) is 6.49 Å². The Morgan fingerprint density at radius 2 is 0.828 bits per heavy atom. The van der Waals surface area contributed by atoms with E-state index in [0.717, 1.165) is 19.6 Å². The normalized spacial score (nSPS) is 13.2. The van der Waals surface area contributed by atoms with E-state index in [-0.39, 0.29) is 0 Å². The van der Waals surface area contributed by atoms with Crippen LogP contribution in [0, 0.1) is 0 Å². The summed E-state index contributed by atoms with van der Waals surface area (Å²) in [6.45, 7) is 21.9. The van der Waals surface area contributed by atoms with Crippen molar-refractivity contribution < 1.29 is 0 Å². The van der Waals surface area contributed by atoms with Crippen molar-refractivity contribution in [3.05, 3.63) is 0 Å². The van der Waals surface area contributed by atoms with Gasteiger partial charge in [0.2, 0.25) is 0 Å². The molecular formula is C21H48N3PS4. The molecule has 0 rings (SSSR count). The third kappa shape index (κ3) is 11.8. The maximum absolute atomic E-state index is 6.79. The van der Waals surface area contributed by atoms with Crippen molar-refractivity contribution in [2.75, 3.05) is 19.6 Å². The Bertz CT molecular complexity index is 388. The van der Waals surface area contributed by atoms with E-state index in [1.165, 1.54) is 38.5 Å². The fourth-order valence-electron chi connectivity index (χ4n) is 2.68. The molecule has 0 amide bonds. The highest BCUT2D eigenvalue weighted by molar-refractivity contribution is 8.25. The summed E-state index contributed by atoms with van der Waals surface area (Å²) in [5.74, 6) is 0. The van der Waals surface area contributed by atoms with Crippen LogP contribution in [0.3, 0.4) is 0 Å². The van der Waals surface area contributed by atoms with Crippen molar-refractivity contribution in [3.8, 4) is 0 Å². The summed E-state index contributed by atoms with van der Waals surface area (Å²) in [4.78, 5) is 0. The van der Waals surface area contributed by atoms with Gasteiger partial charge in [-0.15, -0.1) is 0 Å². The smallest absolute Gasteiger partial charge is 0.174 e. The van der Waals surface area contributed by atoms with Crippen LogP contribution in [0.4, 0.5) is 0 Å². The van der Waals surface area contributed by atoms with Crippen molar-refractivity contribution in [2.24, 2.45) is 0 Å². The van der Waals surface area contributed by atoms with Gasteiger partial charge < -0.3 is 0 Å². The van der Waals surface area contributed by atoms with Crippen LogP contribution in [-0.4, -0.2) is 47.6 Å². The van der Waals surface area contributed by atoms with Crippen LogP contribution in [0.1, 0.15) is 101 Å². The minimum Gasteiger partial charge on any atom is -0.195 e. The maximum Gasteiger partial charge on any atom is 0.174 e. The molecular weight excluding hydrogens is 453 g/mol. The van der Waals surface area contributed by atoms with Gasteiger partial charge in [0.05, 0.1) is 0 Å². The van der Waals surface area contributed by atoms with Crippen LogP contribution in [0.15, 0.2) is 0 Å². The molecule has 176 valence electrons. The largest absolute Gasteiger partial charge is 0.195 e. The first-order valence-corrected chi connectivity index (χ1v) is 16.7. The third-order valence-corrected chi connectivity index (χ3v) is 14.5. The Kier molecular flexibility index (Phi) is 18.0. The van der Waals surface area contributed by atoms with Crippen molar-refractivity contribution in [2.45, 2.75) is 117 Å². The summed E-state index contributed by atoms with van der Waals surface area (Å²) >= 11 is 12.8. The second-order valence-electron chi connectivity index (χ2n) is 8.26. The molecule has 0 fully saturated rings. The van der Waals surface area contributed by atoms with Crippen molar-refractivity contribution in [1.82, 2.24) is 12.2 Å². The van der Waals surface area contributed by atoms with Crippen LogP contribution in [-0.2, 0) is 11.8 Å². The van der Waals surface area contributed by atoms with E-state index < -0.39 is 6.49 Å². The van der Waals surface area contributed by atoms with E-state index in [1.807, 2.05) is 35.8 Å². The maximum atomic E-state index is 6.79. The molecule has 29 heavy (non-hydrogen) atoms. The number of nitrogens with zero attached hydrogens (tertiary/aromatic N) is 3. The first-order valence-electron chi connectivity index (χ1n) is 11.6. The molecule has 0 spiro atoms. The standard InChI is InChI=1S/C21H48N3PS4/c1-10-13-16-22(27-19(4)5)25(26,23(17-14-11-2)28-20(6)7)24(18-15-12-3)29-21(8)9/h19-21H,10-18H2,1-9H3. The second kappa shape index (κ2) is 17.1. The van der Waals surface area contributed by atoms with Crippen molar-refractivity contribution in [1.29, 1.82) is 0 Å². The lowest BCUT2D eigenvalue weighted by molar-refractivity contribution is 0.523. The molecule has 0 aromatic rings. The van der Waals surface area contributed by atoms with Gasteiger partial charge in [0.25, 0.3) is 0 Å². The highest BCUT2D eigenvalue weighted by atomic mass is 32.5. The first kappa shape index (κ1) is 30.6. The number of unbranched alkanes of at least 4 members (excludes halogenated alkanes) is 3. The van der Waals surface area contributed by atoms with Gasteiger partial charge in [-0.2, -0.15) is 12.2 Å². The lowest BCUT2D eigenvalue weighted by Crippen LogP contribution is -2.36. The summed E-state index contributed by atoms with van der Waals surface area (Å²) in [5, 5.41) is 1.63. The molecule has 0 bridgehead atoms. The van der Waals surface area contributed by atoms with E-state index in [2.05, 4.69) is 74.5 Å². The van der Waals surface area contributed by atoms with E-state index in [9.17, 15) is 0 Å². The minimum absolute atomic E-state index is 0.545. The van der Waals surface area contributed by atoms with Crippen LogP contribution in [0.5, 0.6) is 0 Å². The molecule has 0 atom stereocenters. The molecule has 3 nitrogen and oxygen atoms in total. The zero-order valence-electron chi connectivity index (χ0n) is 20.5. The molecule has 0 aliphatic heterocycles. The van der Waals surface area contributed by atoms with Gasteiger partial charge in [-0.3, -0.25) is 0 Å². The molecule has 0 aromatic heterocycles. The monoisotopic (exact) mass is 501 g/mol. The average molecular weight is 502 g/mol. The summed E-state index contributed by atoms with van der Waals surface area (Å²) in [5.41, 5.74) is 0. The van der Waals surface area contributed by atoms with Crippen molar-refractivity contribution >= 4 is 54.1 Å². The van der Waals surface area contributed by atoms with Gasteiger partial charge in [-0.1, -0.05) is 117 Å². The van der Waals surface area contributed by atoms with E-state index in [0.29, 0.717) is 15.7 Å². The van der Waals surface area contributed by atoms with E-state index in [4.69, 9.17) is 11.8 Å². The molecule has 8 heteroatoms. The Hall–Kier alpha value is 1.58. The quantitative estimate of drug-likeness (QED) is 0.135. The molecule has 0 unspecified atom stereocenters. The second-order valence-corrected chi connectivity index (χ2v) is 17.8. The Morgan fingerprint density at radius 3 is 1.00 bits per heavy atom. The van der Waals surface area contributed by atoms with Gasteiger partial charge in [0, 0.05) is 35.4 Å². The summed E-state index contributed by atoms with van der Waals surface area (Å²) in [6, 6.07) is 0. The fraction of sp³-hybridized carbons (Fsp3) is 1.00. The first-order chi connectivity index (χ1) is 13.6. The van der Waals surface area contributed by atoms with Crippen molar-refractivity contribution in [3.63, 3.8) is 0 Å². The topological polar surface area (TPSA) is 9.72 Å². The predicted molar refractivity (Wildman–Crippen MR) is 147 cm³/mol. The molecule has 0 heterocycles. The Labute approximate surface area is 201 Å². The molecule has 0 aromatic carbocycles. The van der Waals surface area contributed by atoms with Gasteiger partial charge in [-0.25, -0.2) is 0 Å². The number of rotatable bonds is 18. The highest BCUT2D eigenvalue weighted by Crippen LogP contribution is 2.66. The number of hydrogen-bond acceptors (Lipinski definition) is 4. The van der Waals surface area contributed by atoms with E-state index >= 15 is 0 Å². The molecule has 0 N–H and O–H groups in total. The van der Waals surface area contributed by atoms with Crippen LogP contribution in [0.2, 0.25) is 0 Å². The molecule has 0 saturated carbocycles. The van der Waals surface area contributed by atoms with Gasteiger partial charge in [-0.05, 0) is 31.1 Å². The Morgan fingerprint density at radius 1 is 0.586 bits per heavy atom. The molecule has 0 saturated heterocycles. The van der Waals surface area contributed by atoms with Crippen LogP contribution in [0.25, 0.3) is 0 Å². The van der Waals surface area contributed by atoms with Crippen LogP contribution < -0.4 is 0 Å². The summed E-state index contributed by atoms with van der Waals surface area (Å²) in [7, 11) is 0. The minimum atomic E-state index is -2.08. The molecule has 0 radical (unpaired) electrons. The molecule has 0 aliphatic carbocycles.